The van der Waals surface area contributed by atoms with Crippen LogP contribution in [0.2, 0.25) is 0 Å². The minimum absolute atomic E-state index is 0.0620. The molecule has 3 aromatic carbocycles. The van der Waals surface area contributed by atoms with E-state index in [0.29, 0.717) is 31.9 Å². The Labute approximate surface area is 195 Å². The van der Waals surface area contributed by atoms with Crippen molar-refractivity contribution >= 4 is 26.7 Å². The average Bonchev–Trinajstić information content (AvgIpc) is 2.83. The number of nitrogens with one attached hydrogen (secondary N) is 1. The summed E-state index contributed by atoms with van der Waals surface area (Å²) in [5.74, 6) is 0.142. The second-order valence-corrected chi connectivity index (χ2v) is 10.2. The lowest BCUT2D eigenvalue weighted by molar-refractivity contribution is -0.122. The van der Waals surface area contributed by atoms with Crippen LogP contribution in [0.3, 0.4) is 0 Å². The number of carbonyl (C=O) groups is 1. The van der Waals surface area contributed by atoms with Gasteiger partial charge in [0.2, 0.25) is 10.0 Å². The van der Waals surface area contributed by atoms with E-state index >= 15 is 0 Å². The number of rotatable bonds is 9. The Bertz CT molecular complexity index is 1180. The third-order valence-corrected chi connectivity index (χ3v) is 7.62. The molecule has 0 radical (unpaired) electrons. The van der Waals surface area contributed by atoms with E-state index in [9.17, 15) is 13.2 Å². The fraction of sp³-hybridized carbons (Fsp3) is 0.320. The van der Waals surface area contributed by atoms with Crippen molar-refractivity contribution in [2.45, 2.75) is 6.54 Å². The van der Waals surface area contributed by atoms with E-state index in [4.69, 9.17) is 4.74 Å². The fourth-order valence-electron chi connectivity index (χ4n) is 3.91. The van der Waals surface area contributed by atoms with Crippen LogP contribution in [0, 0.1) is 0 Å². The molecule has 3 aromatic rings. The quantitative estimate of drug-likeness (QED) is 0.523. The van der Waals surface area contributed by atoms with Gasteiger partial charge >= 0.3 is 0 Å². The van der Waals surface area contributed by atoms with Crippen LogP contribution in [0.25, 0.3) is 10.8 Å². The van der Waals surface area contributed by atoms with Crippen LogP contribution in [-0.2, 0) is 21.4 Å². The lowest BCUT2D eigenvalue weighted by Gasteiger charge is -2.34. The summed E-state index contributed by atoms with van der Waals surface area (Å²) >= 11 is 0. The van der Waals surface area contributed by atoms with Gasteiger partial charge in [-0.05, 0) is 28.5 Å². The molecule has 0 aliphatic carbocycles. The summed E-state index contributed by atoms with van der Waals surface area (Å²) in [5.41, 5.74) is 1.22. The normalized spacial score (nSPS) is 15.4. The molecule has 1 aliphatic heterocycles. The summed E-state index contributed by atoms with van der Waals surface area (Å²) in [6.45, 7) is 3.05. The SMILES string of the molecule is O=C(COc1ccc2ccccc2c1)NCCS(=O)(=O)N1CCN(Cc2ccccc2)CC1. The van der Waals surface area contributed by atoms with Crippen LogP contribution in [0.15, 0.2) is 72.8 Å². The number of hydrogen-bond acceptors (Lipinski definition) is 5. The second-order valence-electron chi connectivity index (χ2n) is 8.12. The molecule has 33 heavy (non-hydrogen) atoms. The maximum Gasteiger partial charge on any atom is 0.257 e. The molecule has 1 aliphatic rings. The van der Waals surface area contributed by atoms with Crippen molar-refractivity contribution in [2.24, 2.45) is 0 Å². The van der Waals surface area contributed by atoms with Gasteiger partial charge < -0.3 is 10.1 Å². The number of amides is 1. The van der Waals surface area contributed by atoms with Crippen LogP contribution in [0.5, 0.6) is 5.75 Å². The summed E-state index contributed by atoms with van der Waals surface area (Å²) in [5, 5.41) is 4.78. The molecule has 1 fully saturated rings. The molecule has 1 N–H and O–H groups in total. The first-order chi connectivity index (χ1) is 16.0. The topological polar surface area (TPSA) is 78.9 Å². The van der Waals surface area contributed by atoms with Gasteiger partial charge in [0.05, 0.1) is 5.75 Å². The van der Waals surface area contributed by atoms with Crippen LogP contribution in [-0.4, -0.2) is 68.6 Å². The molecule has 4 rings (SSSR count). The zero-order chi connectivity index (χ0) is 23.1. The average molecular weight is 468 g/mol. The van der Waals surface area contributed by atoms with Crippen LogP contribution in [0.1, 0.15) is 5.56 Å². The van der Waals surface area contributed by atoms with E-state index in [1.54, 1.807) is 0 Å². The number of nitrogens with zero attached hydrogens (tertiary/aromatic N) is 2. The van der Waals surface area contributed by atoms with Gasteiger partial charge in [-0.25, -0.2) is 8.42 Å². The first kappa shape index (κ1) is 23.2. The van der Waals surface area contributed by atoms with Gasteiger partial charge in [0, 0.05) is 39.3 Å². The molecule has 0 bridgehead atoms. The highest BCUT2D eigenvalue weighted by atomic mass is 32.2. The van der Waals surface area contributed by atoms with Gasteiger partial charge in [-0.3, -0.25) is 9.69 Å². The van der Waals surface area contributed by atoms with Gasteiger partial charge in [-0.2, -0.15) is 4.31 Å². The molecule has 0 saturated carbocycles. The van der Waals surface area contributed by atoms with Crippen molar-refractivity contribution in [3.05, 3.63) is 78.4 Å². The lowest BCUT2D eigenvalue weighted by atomic mass is 10.1. The molecule has 1 amide bonds. The highest BCUT2D eigenvalue weighted by molar-refractivity contribution is 7.89. The Hall–Kier alpha value is -2.94. The molecule has 1 saturated heterocycles. The van der Waals surface area contributed by atoms with E-state index in [1.165, 1.54) is 9.87 Å². The highest BCUT2D eigenvalue weighted by Gasteiger charge is 2.26. The van der Waals surface area contributed by atoms with Crippen molar-refractivity contribution in [2.75, 3.05) is 45.1 Å². The number of ether oxygens (including phenoxy) is 1. The van der Waals surface area contributed by atoms with Crippen LogP contribution >= 0.6 is 0 Å². The summed E-state index contributed by atoms with van der Waals surface area (Å²) in [6.07, 6.45) is 0. The molecule has 0 unspecified atom stereocenters. The van der Waals surface area contributed by atoms with Crippen molar-refractivity contribution in [3.8, 4) is 5.75 Å². The van der Waals surface area contributed by atoms with Crippen LogP contribution in [0.4, 0.5) is 0 Å². The minimum Gasteiger partial charge on any atom is -0.484 e. The van der Waals surface area contributed by atoms with Gasteiger partial charge in [0.1, 0.15) is 5.75 Å². The lowest BCUT2D eigenvalue weighted by Crippen LogP contribution is -2.49. The summed E-state index contributed by atoms with van der Waals surface area (Å²) in [4.78, 5) is 14.4. The van der Waals surface area contributed by atoms with Crippen molar-refractivity contribution in [1.82, 2.24) is 14.5 Å². The maximum absolute atomic E-state index is 12.7. The first-order valence-corrected chi connectivity index (χ1v) is 12.7. The van der Waals surface area contributed by atoms with Gasteiger partial charge in [-0.15, -0.1) is 0 Å². The summed E-state index contributed by atoms with van der Waals surface area (Å²) < 4.78 is 32.4. The Balaban J connectivity index is 1.17. The fourth-order valence-corrected chi connectivity index (χ4v) is 5.25. The molecule has 1 heterocycles. The van der Waals surface area contributed by atoms with E-state index in [0.717, 1.165) is 17.3 Å². The standard InChI is InChI=1S/C25H29N3O4S/c29-25(20-32-24-11-10-22-8-4-5-9-23(22)18-24)26-12-17-33(30,31)28-15-13-27(14-16-28)19-21-6-2-1-3-7-21/h1-11,18H,12-17,19-20H2,(H,26,29). The van der Waals surface area contributed by atoms with E-state index in [1.807, 2.05) is 60.7 Å². The Kier molecular flexibility index (Phi) is 7.59. The number of benzene rings is 3. The van der Waals surface area contributed by atoms with Gasteiger partial charge in [-0.1, -0.05) is 60.7 Å². The zero-order valence-electron chi connectivity index (χ0n) is 18.5. The molecule has 174 valence electrons. The monoisotopic (exact) mass is 467 g/mol. The van der Waals surface area contributed by atoms with E-state index in [-0.39, 0.29) is 24.8 Å². The van der Waals surface area contributed by atoms with Gasteiger partial charge in [0.15, 0.2) is 6.61 Å². The predicted octanol–water partition coefficient (Wildman–Crippen LogP) is 2.48. The molecule has 0 aromatic heterocycles. The van der Waals surface area contributed by atoms with Gasteiger partial charge in [0.25, 0.3) is 5.91 Å². The first-order valence-electron chi connectivity index (χ1n) is 11.1. The second kappa shape index (κ2) is 10.8. The molecule has 7 nitrogen and oxygen atoms in total. The predicted molar refractivity (Wildman–Crippen MR) is 130 cm³/mol. The Morgan fingerprint density at radius 3 is 2.33 bits per heavy atom. The minimum atomic E-state index is -3.42. The largest absolute Gasteiger partial charge is 0.484 e. The van der Waals surface area contributed by atoms with E-state index in [2.05, 4.69) is 22.3 Å². The van der Waals surface area contributed by atoms with Crippen LogP contribution < -0.4 is 10.1 Å². The van der Waals surface area contributed by atoms with E-state index < -0.39 is 10.0 Å². The number of hydrogen-bond donors (Lipinski definition) is 1. The number of piperazine rings is 1. The highest BCUT2D eigenvalue weighted by Crippen LogP contribution is 2.20. The summed E-state index contributed by atoms with van der Waals surface area (Å²) in [7, 11) is -3.42. The molecule has 0 atom stereocenters. The van der Waals surface area contributed by atoms with Crippen molar-refractivity contribution in [3.63, 3.8) is 0 Å². The zero-order valence-corrected chi connectivity index (χ0v) is 19.3. The maximum atomic E-state index is 12.7. The number of fused-ring (bicyclic) bond motifs is 1. The van der Waals surface area contributed by atoms with Crippen molar-refractivity contribution < 1.29 is 17.9 Å². The molecule has 0 spiro atoms. The number of sulfonamides is 1. The molecular weight excluding hydrogens is 438 g/mol. The van der Waals surface area contributed by atoms with Crippen molar-refractivity contribution in [1.29, 1.82) is 0 Å². The Morgan fingerprint density at radius 2 is 1.58 bits per heavy atom. The third-order valence-electron chi connectivity index (χ3n) is 5.75. The summed E-state index contributed by atoms with van der Waals surface area (Å²) in [6, 6.07) is 23.7. The molecule has 8 heteroatoms. The third kappa shape index (κ3) is 6.54. The number of carbonyl (C=O) groups excluding carboxylic acids is 1. The smallest absolute Gasteiger partial charge is 0.257 e. The Morgan fingerprint density at radius 1 is 0.879 bits per heavy atom. The molecular formula is C25H29N3O4S.